The van der Waals surface area contributed by atoms with E-state index in [1.807, 2.05) is 19.1 Å². The summed E-state index contributed by atoms with van der Waals surface area (Å²) in [7, 11) is 3.47. The SMILES string of the molecule is CCOC(=O)N1CCN(C(=NC)NCC(C)(C)c2cccc(OC)c2)CC1. The first-order chi connectivity index (χ1) is 12.9. The van der Waals surface area contributed by atoms with Gasteiger partial charge in [-0.1, -0.05) is 26.0 Å². The number of hydrogen-bond acceptors (Lipinski definition) is 4. The number of guanidine groups is 1. The standard InChI is InChI=1S/C20H32N4O3/c1-6-27-19(25)24-12-10-23(11-13-24)18(21-4)22-15-20(2,3)16-8-7-9-17(14-16)26-5/h7-9,14H,6,10-13,15H2,1-5H3,(H,21,22). The number of ether oxygens (including phenoxy) is 2. The highest BCUT2D eigenvalue weighted by atomic mass is 16.6. The second kappa shape index (κ2) is 9.48. The quantitative estimate of drug-likeness (QED) is 0.631. The lowest BCUT2D eigenvalue weighted by atomic mass is 9.84. The maximum absolute atomic E-state index is 11.8. The summed E-state index contributed by atoms with van der Waals surface area (Å²) in [5, 5.41) is 3.49. The fraction of sp³-hybridized carbons (Fsp3) is 0.600. The summed E-state index contributed by atoms with van der Waals surface area (Å²) >= 11 is 0. The van der Waals surface area contributed by atoms with E-state index in [2.05, 4.69) is 41.2 Å². The lowest BCUT2D eigenvalue weighted by Gasteiger charge is -2.37. The van der Waals surface area contributed by atoms with E-state index in [0.29, 0.717) is 19.7 Å². The summed E-state index contributed by atoms with van der Waals surface area (Å²) in [6.07, 6.45) is -0.237. The molecule has 1 aliphatic rings. The number of nitrogens with one attached hydrogen (secondary N) is 1. The normalized spacial score (nSPS) is 15.5. The summed E-state index contributed by atoms with van der Waals surface area (Å²) in [5.74, 6) is 1.72. The average molecular weight is 377 g/mol. The van der Waals surface area contributed by atoms with Crippen LogP contribution in [-0.4, -0.2) is 75.3 Å². The van der Waals surface area contributed by atoms with Crippen LogP contribution in [0.15, 0.2) is 29.3 Å². The molecule has 7 nitrogen and oxygen atoms in total. The van der Waals surface area contributed by atoms with Gasteiger partial charge in [-0.15, -0.1) is 0 Å². The molecule has 1 aliphatic heterocycles. The third kappa shape index (κ3) is 5.52. The van der Waals surface area contributed by atoms with Gasteiger partial charge in [0, 0.05) is 45.2 Å². The van der Waals surface area contributed by atoms with Gasteiger partial charge in [0.25, 0.3) is 0 Å². The molecule has 1 amide bonds. The zero-order valence-electron chi connectivity index (χ0n) is 17.1. The number of aliphatic imine (C=N–C) groups is 1. The minimum atomic E-state index is -0.237. The van der Waals surface area contributed by atoms with Crippen molar-refractivity contribution in [3.05, 3.63) is 29.8 Å². The number of amides is 1. The molecule has 0 atom stereocenters. The summed E-state index contributed by atoms with van der Waals surface area (Å²) in [6.45, 7) is 10.1. The van der Waals surface area contributed by atoms with Gasteiger partial charge in [-0.2, -0.15) is 0 Å². The van der Waals surface area contributed by atoms with Gasteiger partial charge in [0.05, 0.1) is 13.7 Å². The van der Waals surface area contributed by atoms with Crippen LogP contribution >= 0.6 is 0 Å². The number of carbonyl (C=O) groups is 1. The van der Waals surface area contributed by atoms with Crippen LogP contribution in [0.25, 0.3) is 0 Å². The van der Waals surface area contributed by atoms with Crippen molar-refractivity contribution in [3.8, 4) is 5.75 Å². The average Bonchev–Trinajstić information content (AvgIpc) is 2.69. The van der Waals surface area contributed by atoms with Crippen molar-refractivity contribution in [2.75, 3.05) is 53.5 Å². The van der Waals surface area contributed by atoms with Gasteiger partial charge in [-0.05, 0) is 24.6 Å². The minimum Gasteiger partial charge on any atom is -0.497 e. The number of methoxy groups -OCH3 is 1. The van der Waals surface area contributed by atoms with Crippen LogP contribution in [0.1, 0.15) is 26.3 Å². The van der Waals surface area contributed by atoms with Crippen molar-refractivity contribution in [2.45, 2.75) is 26.2 Å². The molecule has 1 fully saturated rings. The molecular formula is C20H32N4O3. The molecule has 0 radical (unpaired) electrons. The van der Waals surface area contributed by atoms with Crippen molar-refractivity contribution in [3.63, 3.8) is 0 Å². The summed E-state index contributed by atoms with van der Waals surface area (Å²) in [5.41, 5.74) is 1.12. The number of hydrogen-bond donors (Lipinski definition) is 1. The highest BCUT2D eigenvalue weighted by Gasteiger charge is 2.26. The third-order valence-corrected chi connectivity index (χ3v) is 4.86. The second-order valence-electron chi connectivity index (χ2n) is 7.19. The van der Waals surface area contributed by atoms with E-state index in [-0.39, 0.29) is 11.5 Å². The molecule has 0 aliphatic carbocycles. The Balaban J connectivity index is 1.92. The molecule has 7 heteroatoms. The largest absolute Gasteiger partial charge is 0.497 e. The highest BCUT2D eigenvalue weighted by Crippen LogP contribution is 2.25. The lowest BCUT2D eigenvalue weighted by Crippen LogP contribution is -2.55. The second-order valence-corrected chi connectivity index (χ2v) is 7.19. The van der Waals surface area contributed by atoms with Crippen LogP contribution in [0, 0.1) is 0 Å². The van der Waals surface area contributed by atoms with Crippen molar-refractivity contribution >= 4 is 12.1 Å². The van der Waals surface area contributed by atoms with Gasteiger partial charge in [-0.25, -0.2) is 4.79 Å². The number of nitrogens with zero attached hydrogens (tertiary/aromatic N) is 3. The molecule has 0 bridgehead atoms. The van der Waals surface area contributed by atoms with E-state index in [9.17, 15) is 4.79 Å². The van der Waals surface area contributed by atoms with E-state index >= 15 is 0 Å². The Morgan fingerprint density at radius 3 is 2.48 bits per heavy atom. The number of rotatable bonds is 5. The maximum Gasteiger partial charge on any atom is 0.409 e. The van der Waals surface area contributed by atoms with E-state index in [0.717, 1.165) is 31.3 Å². The monoisotopic (exact) mass is 376 g/mol. The summed E-state index contributed by atoms with van der Waals surface area (Å²) in [4.78, 5) is 20.2. The van der Waals surface area contributed by atoms with E-state index in [1.54, 1.807) is 19.1 Å². The molecular weight excluding hydrogens is 344 g/mol. The Morgan fingerprint density at radius 2 is 1.89 bits per heavy atom. The number of benzene rings is 1. The molecule has 27 heavy (non-hydrogen) atoms. The van der Waals surface area contributed by atoms with Crippen molar-refractivity contribution in [2.24, 2.45) is 4.99 Å². The van der Waals surface area contributed by atoms with Crippen LogP contribution in [0.2, 0.25) is 0 Å². The van der Waals surface area contributed by atoms with E-state index in [4.69, 9.17) is 9.47 Å². The highest BCUT2D eigenvalue weighted by molar-refractivity contribution is 5.80. The molecule has 1 saturated heterocycles. The Kier molecular flexibility index (Phi) is 7.33. The van der Waals surface area contributed by atoms with Crippen molar-refractivity contribution in [1.29, 1.82) is 0 Å². The van der Waals surface area contributed by atoms with Crippen LogP contribution < -0.4 is 10.1 Å². The zero-order chi connectivity index (χ0) is 19.9. The molecule has 1 aromatic rings. The van der Waals surface area contributed by atoms with Crippen molar-refractivity contribution in [1.82, 2.24) is 15.1 Å². The summed E-state index contributed by atoms with van der Waals surface area (Å²) in [6, 6.07) is 8.15. The molecule has 0 aromatic heterocycles. The van der Waals surface area contributed by atoms with Crippen LogP contribution in [0.5, 0.6) is 5.75 Å². The first kappa shape index (κ1) is 20.9. The Labute approximate surface area is 162 Å². The zero-order valence-corrected chi connectivity index (χ0v) is 17.1. The van der Waals surface area contributed by atoms with E-state index < -0.39 is 0 Å². The smallest absolute Gasteiger partial charge is 0.409 e. The first-order valence-electron chi connectivity index (χ1n) is 9.43. The Hall–Kier alpha value is -2.44. The molecule has 1 aromatic carbocycles. The first-order valence-corrected chi connectivity index (χ1v) is 9.43. The Morgan fingerprint density at radius 1 is 1.22 bits per heavy atom. The predicted molar refractivity (Wildman–Crippen MR) is 108 cm³/mol. The van der Waals surface area contributed by atoms with Gasteiger partial charge in [-0.3, -0.25) is 4.99 Å². The van der Waals surface area contributed by atoms with Gasteiger partial charge in [0.15, 0.2) is 5.96 Å². The molecule has 0 saturated carbocycles. The van der Waals surface area contributed by atoms with Gasteiger partial charge >= 0.3 is 6.09 Å². The molecule has 0 unspecified atom stereocenters. The van der Waals surface area contributed by atoms with Crippen LogP contribution in [0.3, 0.4) is 0 Å². The van der Waals surface area contributed by atoms with Crippen molar-refractivity contribution < 1.29 is 14.3 Å². The van der Waals surface area contributed by atoms with Gasteiger partial charge in [0.1, 0.15) is 5.75 Å². The number of piperazine rings is 1. The molecule has 2 rings (SSSR count). The Bertz CT molecular complexity index is 652. The lowest BCUT2D eigenvalue weighted by molar-refractivity contribution is 0.0914. The fourth-order valence-corrected chi connectivity index (χ4v) is 3.09. The van der Waals surface area contributed by atoms with Crippen LogP contribution in [-0.2, 0) is 10.2 Å². The van der Waals surface area contributed by atoms with Gasteiger partial charge in [0.2, 0.25) is 0 Å². The summed E-state index contributed by atoms with van der Waals surface area (Å²) < 4.78 is 10.4. The third-order valence-electron chi connectivity index (χ3n) is 4.86. The number of carbonyl (C=O) groups excluding carboxylic acids is 1. The van der Waals surface area contributed by atoms with E-state index in [1.165, 1.54) is 5.56 Å². The van der Waals surface area contributed by atoms with Gasteiger partial charge < -0.3 is 24.6 Å². The predicted octanol–water partition coefficient (Wildman–Crippen LogP) is 2.32. The minimum absolute atomic E-state index is 0.0861. The molecule has 1 N–H and O–H groups in total. The maximum atomic E-state index is 11.8. The fourth-order valence-electron chi connectivity index (χ4n) is 3.09. The van der Waals surface area contributed by atoms with Crippen LogP contribution in [0.4, 0.5) is 4.79 Å². The molecule has 150 valence electrons. The molecule has 0 spiro atoms. The molecule has 1 heterocycles. The topological polar surface area (TPSA) is 66.4 Å².